The molecule has 1 aromatic carbocycles. The van der Waals surface area contributed by atoms with Crippen molar-refractivity contribution in [3.8, 4) is 0 Å². The van der Waals surface area contributed by atoms with Crippen LogP contribution in [0.3, 0.4) is 0 Å². The maximum Gasteiger partial charge on any atom is 0.251 e. The van der Waals surface area contributed by atoms with E-state index in [-0.39, 0.29) is 17.4 Å². The first-order valence-electron chi connectivity index (χ1n) is 11.5. The lowest BCUT2D eigenvalue weighted by Crippen LogP contribution is -2.46. The van der Waals surface area contributed by atoms with E-state index in [0.717, 1.165) is 56.0 Å². The quantitative estimate of drug-likeness (QED) is 0.775. The summed E-state index contributed by atoms with van der Waals surface area (Å²) >= 11 is 0. The van der Waals surface area contributed by atoms with Crippen molar-refractivity contribution in [2.75, 3.05) is 13.1 Å². The minimum Gasteiger partial charge on any atom is -0.349 e. The second-order valence-corrected chi connectivity index (χ2v) is 9.07. The van der Waals surface area contributed by atoms with E-state index in [4.69, 9.17) is 0 Å². The monoisotopic (exact) mass is 380 g/mol. The van der Waals surface area contributed by atoms with Crippen molar-refractivity contribution < 1.29 is 4.79 Å². The van der Waals surface area contributed by atoms with E-state index in [9.17, 15) is 4.79 Å². The number of nitrogens with zero attached hydrogens (tertiary/aromatic N) is 1. The molecule has 0 aromatic heterocycles. The summed E-state index contributed by atoms with van der Waals surface area (Å²) in [6.07, 6.45) is 13.5. The molecule has 4 rings (SSSR count). The number of piperidine rings is 1. The van der Waals surface area contributed by atoms with Crippen molar-refractivity contribution in [3.63, 3.8) is 0 Å². The van der Waals surface area contributed by atoms with Crippen molar-refractivity contribution in [3.05, 3.63) is 41.5 Å². The number of hydrogen-bond donors (Lipinski definition) is 1. The van der Waals surface area contributed by atoms with Gasteiger partial charge < -0.3 is 10.2 Å². The summed E-state index contributed by atoms with van der Waals surface area (Å²) in [5.74, 6) is 0.118. The van der Waals surface area contributed by atoms with Crippen LogP contribution in [0.2, 0.25) is 0 Å². The Morgan fingerprint density at radius 3 is 2.46 bits per heavy atom. The van der Waals surface area contributed by atoms with Gasteiger partial charge in [-0.15, -0.1) is 0 Å². The number of carbonyl (C=O) groups excluding carboxylic acids is 1. The van der Waals surface area contributed by atoms with Gasteiger partial charge in [0.25, 0.3) is 5.91 Å². The average molecular weight is 381 g/mol. The van der Waals surface area contributed by atoms with Gasteiger partial charge in [0.2, 0.25) is 0 Å². The molecule has 3 heteroatoms. The van der Waals surface area contributed by atoms with Gasteiger partial charge in [0, 0.05) is 23.1 Å². The van der Waals surface area contributed by atoms with Gasteiger partial charge in [-0.05, 0) is 62.7 Å². The summed E-state index contributed by atoms with van der Waals surface area (Å²) < 4.78 is 0. The Morgan fingerprint density at radius 1 is 1.11 bits per heavy atom. The fourth-order valence-electron chi connectivity index (χ4n) is 5.68. The van der Waals surface area contributed by atoms with Crippen molar-refractivity contribution in [1.82, 2.24) is 10.2 Å². The second-order valence-electron chi connectivity index (χ2n) is 9.07. The SMILES string of the molecule is CCC(CC)NC(=O)C1=CC2(CCN(C3CCCCC3)CC2)c2ccccc21. The zero-order valence-electron chi connectivity index (χ0n) is 17.7. The molecule has 1 aliphatic heterocycles. The third-order valence-corrected chi connectivity index (χ3v) is 7.52. The molecule has 0 radical (unpaired) electrons. The maximum absolute atomic E-state index is 13.1. The molecule has 1 heterocycles. The Hall–Kier alpha value is -1.61. The minimum absolute atomic E-state index is 0.0579. The summed E-state index contributed by atoms with van der Waals surface area (Å²) in [6.45, 7) is 6.62. The standard InChI is InChI=1S/C25H36N2O/c1-3-19(4-2)26-24(28)22-18-25(23-13-9-8-12-21(22)23)14-16-27(17-15-25)20-10-6-5-7-11-20/h8-9,12-13,18-20H,3-7,10-11,14-17H2,1-2H3,(H,26,28). The van der Waals surface area contributed by atoms with Crippen LogP contribution in [0.1, 0.15) is 82.8 Å². The third-order valence-electron chi connectivity index (χ3n) is 7.52. The number of amides is 1. The summed E-state index contributed by atoms with van der Waals surface area (Å²) in [5, 5.41) is 3.26. The highest BCUT2D eigenvalue weighted by molar-refractivity contribution is 6.21. The van der Waals surface area contributed by atoms with Crippen LogP contribution >= 0.6 is 0 Å². The van der Waals surface area contributed by atoms with Gasteiger partial charge in [-0.2, -0.15) is 0 Å². The van der Waals surface area contributed by atoms with Crippen LogP contribution in [0.15, 0.2) is 30.3 Å². The normalized spacial score (nSPS) is 22.3. The highest BCUT2D eigenvalue weighted by Crippen LogP contribution is 2.47. The molecule has 1 saturated carbocycles. The first-order chi connectivity index (χ1) is 13.7. The summed E-state index contributed by atoms with van der Waals surface area (Å²) in [6, 6.07) is 9.70. The highest BCUT2D eigenvalue weighted by Gasteiger charge is 2.43. The molecule has 3 nitrogen and oxygen atoms in total. The van der Waals surface area contributed by atoms with Gasteiger partial charge in [-0.25, -0.2) is 0 Å². The first-order valence-corrected chi connectivity index (χ1v) is 11.5. The Balaban J connectivity index is 1.54. The number of benzene rings is 1. The molecule has 0 atom stereocenters. The molecule has 2 fully saturated rings. The molecular weight excluding hydrogens is 344 g/mol. The number of fused-ring (bicyclic) bond motifs is 2. The molecule has 1 aromatic rings. The number of nitrogens with one attached hydrogen (secondary N) is 1. The van der Waals surface area contributed by atoms with Gasteiger partial charge in [0.05, 0.1) is 0 Å². The largest absolute Gasteiger partial charge is 0.349 e. The Morgan fingerprint density at radius 2 is 1.79 bits per heavy atom. The molecule has 0 bridgehead atoms. The van der Waals surface area contributed by atoms with Crippen LogP contribution in [0.25, 0.3) is 5.57 Å². The predicted octanol–water partition coefficient (Wildman–Crippen LogP) is 5.05. The molecule has 28 heavy (non-hydrogen) atoms. The highest BCUT2D eigenvalue weighted by atomic mass is 16.1. The van der Waals surface area contributed by atoms with E-state index in [1.165, 1.54) is 37.7 Å². The van der Waals surface area contributed by atoms with Crippen LogP contribution < -0.4 is 5.32 Å². The van der Waals surface area contributed by atoms with Gasteiger partial charge >= 0.3 is 0 Å². The van der Waals surface area contributed by atoms with Gasteiger partial charge in [-0.3, -0.25) is 4.79 Å². The number of likely N-dealkylation sites (tertiary alicyclic amines) is 1. The molecular formula is C25H36N2O. The molecule has 152 valence electrons. The van der Waals surface area contributed by atoms with E-state index in [0.29, 0.717) is 0 Å². The zero-order chi connectivity index (χ0) is 19.6. The Labute approximate surface area is 170 Å². The van der Waals surface area contributed by atoms with Crippen LogP contribution in [0.5, 0.6) is 0 Å². The lowest BCUT2D eigenvalue weighted by Gasteiger charge is -2.43. The molecule has 0 unspecified atom stereocenters. The van der Waals surface area contributed by atoms with Gasteiger partial charge in [0.15, 0.2) is 0 Å². The van der Waals surface area contributed by atoms with E-state index in [1.54, 1.807) is 0 Å². The van der Waals surface area contributed by atoms with E-state index >= 15 is 0 Å². The van der Waals surface area contributed by atoms with E-state index in [2.05, 4.69) is 54.4 Å². The van der Waals surface area contributed by atoms with E-state index < -0.39 is 0 Å². The smallest absolute Gasteiger partial charge is 0.251 e. The molecule has 3 aliphatic rings. The van der Waals surface area contributed by atoms with E-state index in [1.807, 2.05) is 0 Å². The van der Waals surface area contributed by atoms with Crippen LogP contribution in [-0.4, -0.2) is 36.0 Å². The number of hydrogen-bond acceptors (Lipinski definition) is 2. The molecule has 1 saturated heterocycles. The van der Waals surface area contributed by atoms with Crippen molar-refractivity contribution in [1.29, 1.82) is 0 Å². The molecule has 1 amide bonds. The number of carbonyl (C=O) groups is 1. The van der Waals surface area contributed by atoms with Crippen molar-refractivity contribution >= 4 is 11.5 Å². The summed E-state index contributed by atoms with van der Waals surface area (Å²) in [5.41, 5.74) is 3.52. The minimum atomic E-state index is 0.0579. The van der Waals surface area contributed by atoms with Gasteiger partial charge in [0.1, 0.15) is 0 Å². The Bertz CT molecular complexity index is 720. The predicted molar refractivity (Wildman–Crippen MR) is 116 cm³/mol. The van der Waals surface area contributed by atoms with Crippen LogP contribution in [0, 0.1) is 0 Å². The average Bonchev–Trinajstić information content (AvgIpc) is 3.07. The fraction of sp³-hybridized carbons (Fsp3) is 0.640. The number of allylic oxidation sites excluding steroid dienone is 1. The molecule has 1 spiro atoms. The zero-order valence-corrected chi connectivity index (χ0v) is 17.7. The Kier molecular flexibility index (Phi) is 5.91. The van der Waals surface area contributed by atoms with Crippen molar-refractivity contribution in [2.24, 2.45) is 0 Å². The number of rotatable bonds is 5. The third kappa shape index (κ3) is 3.66. The second kappa shape index (κ2) is 8.41. The van der Waals surface area contributed by atoms with Crippen molar-refractivity contribution in [2.45, 2.75) is 89.1 Å². The van der Waals surface area contributed by atoms with Gasteiger partial charge in [-0.1, -0.05) is 63.5 Å². The fourth-order valence-corrected chi connectivity index (χ4v) is 5.68. The molecule has 2 aliphatic carbocycles. The summed E-state index contributed by atoms with van der Waals surface area (Å²) in [4.78, 5) is 15.8. The lowest BCUT2D eigenvalue weighted by atomic mass is 9.74. The first kappa shape index (κ1) is 19.7. The summed E-state index contributed by atoms with van der Waals surface area (Å²) in [7, 11) is 0. The molecule has 1 N–H and O–H groups in total. The topological polar surface area (TPSA) is 32.3 Å². The van der Waals surface area contributed by atoms with Crippen LogP contribution in [0.4, 0.5) is 0 Å². The lowest BCUT2D eigenvalue weighted by molar-refractivity contribution is -0.116. The maximum atomic E-state index is 13.1. The van der Waals surface area contributed by atoms with Crippen LogP contribution in [-0.2, 0) is 10.2 Å².